The molecule has 1 fully saturated rings. The van der Waals surface area contributed by atoms with Crippen LogP contribution < -0.4 is 20.5 Å². The topological polar surface area (TPSA) is 85.2 Å². The maximum absolute atomic E-state index is 12.2. The lowest BCUT2D eigenvalue weighted by Crippen LogP contribution is -2.26. The molecule has 0 radical (unpaired) electrons. The molecule has 1 N–H and O–H groups in total. The third-order valence-electron chi connectivity index (χ3n) is 4.96. The largest absolute Gasteiger partial charge is 0.497 e. The Kier molecular flexibility index (Phi) is 5.69. The highest BCUT2D eigenvalue weighted by Crippen LogP contribution is 2.20. The van der Waals surface area contributed by atoms with Gasteiger partial charge in [-0.15, -0.1) is 0 Å². The minimum atomic E-state index is -0.135. The predicted molar refractivity (Wildman–Crippen MR) is 112 cm³/mol. The van der Waals surface area contributed by atoms with Gasteiger partial charge in [0, 0.05) is 37.3 Å². The fourth-order valence-corrected chi connectivity index (χ4v) is 3.38. The summed E-state index contributed by atoms with van der Waals surface area (Å²) in [5.74, 6) is 2.47. The summed E-state index contributed by atoms with van der Waals surface area (Å²) < 4.78 is 6.65. The van der Waals surface area contributed by atoms with Crippen LogP contribution in [0.4, 0.5) is 11.6 Å². The van der Waals surface area contributed by atoms with Gasteiger partial charge in [-0.3, -0.25) is 4.79 Å². The molecule has 3 heterocycles. The molecule has 4 rings (SSSR count). The Balaban J connectivity index is 1.42. The van der Waals surface area contributed by atoms with E-state index in [1.54, 1.807) is 25.6 Å². The molecule has 0 atom stereocenters. The maximum Gasteiger partial charge on any atom is 0.266 e. The fourth-order valence-electron chi connectivity index (χ4n) is 3.38. The Labute approximate surface area is 169 Å². The third-order valence-corrected chi connectivity index (χ3v) is 4.96. The van der Waals surface area contributed by atoms with Crippen LogP contribution in [0.25, 0.3) is 11.3 Å². The van der Waals surface area contributed by atoms with Crippen molar-refractivity contribution in [2.75, 3.05) is 37.0 Å². The van der Waals surface area contributed by atoms with Gasteiger partial charge in [-0.2, -0.15) is 5.10 Å². The van der Waals surface area contributed by atoms with Gasteiger partial charge >= 0.3 is 0 Å². The Hall–Kier alpha value is -3.42. The summed E-state index contributed by atoms with van der Waals surface area (Å²) in [6, 6.07) is 12.8. The number of hydrogen-bond donors (Lipinski definition) is 1. The summed E-state index contributed by atoms with van der Waals surface area (Å²) >= 11 is 0. The average molecular weight is 392 g/mol. The van der Waals surface area contributed by atoms with E-state index in [0.717, 1.165) is 41.7 Å². The molecule has 8 heteroatoms. The van der Waals surface area contributed by atoms with Gasteiger partial charge in [0.1, 0.15) is 23.7 Å². The van der Waals surface area contributed by atoms with E-state index in [1.807, 2.05) is 30.3 Å². The molecule has 0 amide bonds. The Morgan fingerprint density at radius 3 is 2.62 bits per heavy atom. The van der Waals surface area contributed by atoms with Crippen molar-refractivity contribution in [2.24, 2.45) is 0 Å². The number of nitrogens with one attached hydrogen (secondary N) is 1. The van der Waals surface area contributed by atoms with Crippen LogP contribution in [0.3, 0.4) is 0 Å². The van der Waals surface area contributed by atoms with Crippen molar-refractivity contribution in [1.82, 2.24) is 19.7 Å². The monoisotopic (exact) mass is 392 g/mol. The lowest BCUT2D eigenvalue weighted by Gasteiger charge is -2.16. The molecule has 1 aromatic carbocycles. The first-order valence-electron chi connectivity index (χ1n) is 9.76. The second kappa shape index (κ2) is 8.72. The molecule has 8 nitrogen and oxygen atoms in total. The molecule has 3 aromatic rings. The molecule has 1 saturated heterocycles. The van der Waals surface area contributed by atoms with Crippen molar-refractivity contribution >= 4 is 11.6 Å². The number of methoxy groups -OCH3 is 1. The molecule has 0 bridgehead atoms. The standard InChI is InChI=1S/C21H24N6O2/c1-29-17-6-4-16(5-7-17)18-8-9-21(28)27(25-18)13-10-22-19-14-20(24-15-23-19)26-11-2-3-12-26/h4-9,14-15H,2-3,10-13H2,1H3,(H,22,23,24). The molecular formula is C21H24N6O2. The number of hydrogen-bond acceptors (Lipinski definition) is 7. The minimum Gasteiger partial charge on any atom is -0.497 e. The maximum atomic E-state index is 12.2. The third kappa shape index (κ3) is 4.53. The lowest BCUT2D eigenvalue weighted by atomic mass is 10.1. The molecule has 1 aliphatic heterocycles. The van der Waals surface area contributed by atoms with Crippen LogP contribution in [0.2, 0.25) is 0 Å². The zero-order valence-electron chi connectivity index (χ0n) is 16.4. The van der Waals surface area contributed by atoms with Gasteiger partial charge < -0.3 is 15.0 Å². The van der Waals surface area contributed by atoms with Gasteiger partial charge in [0.2, 0.25) is 0 Å². The van der Waals surface area contributed by atoms with Crippen molar-refractivity contribution in [1.29, 1.82) is 0 Å². The highest BCUT2D eigenvalue weighted by atomic mass is 16.5. The Bertz CT molecular complexity index is 1010. The van der Waals surface area contributed by atoms with Gasteiger partial charge in [-0.25, -0.2) is 14.6 Å². The molecule has 0 saturated carbocycles. The van der Waals surface area contributed by atoms with E-state index in [4.69, 9.17) is 4.74 Å². The van der Waals surface area contributed by atoms with Crippen LogP contribution in [0.1, 0.15) is 12.8 Å². The number of nitrogens with zero attached hydrogens (tertiary/aromatic N) is 5. The van der Waals surface area contributed by atoms with E-state index in [-0.39, 0.29) is 5.56 Å². The molecule has 150 valence electrons. The Morgan fingerprint density at radius 2 is 1.86 bits per heavy atom. The zero-order valence-corrected chi connectivity index (χ0v) is 16.4. The second-order valence-corrected chi connectivity index (χ2v) is 6.89. The van der Waals surface area contributed by atoms with Crippen LogP contribution in [0, 0.1) is 0 Å². The van der Waals surface area contributed by atoms with E-state index in [2.05, 4.69) is 25.3 Å². The highest BCUT2D eigenvalue weighted by Gasteiger charge is 2.14. The van der Waals surface area contributed by atoms with Crippen LogP contribution in [0.15, 0.2) is 53.6 Å². The first kappa shape index (κ1) is 18.9. The summed E-state index contributed by atoms with van der Waals surface area (Å²) in [4.78, 5) is 23.1. The molecule has 0 aliphatic carbocycles. The van der Waals surface area contributed by atoms with E-state index in [0.29, 0.717) is 13.1 Å². The van der Waals surface area contributed by atoms with E-state index >= 15 is 0 Å². The average Bonchev–Trinajstić information content (AvgIpc) is 3.30. The number of anilines is 2. The van der Waals surface area contributed by atoms with E-state index < -0.39 is 0 Å². The predicted octanol–water partition coefficient (Wildman–Crippen LogP) is 2.42. The summed E-state index contributed by atoms with van der Waals surface area (Å²) in [5.41, 5.74) is 1.54. The van der Waals surface area contributed by atoms with Crippen molar-refractivity contribution in [3.63, 3.8) is 0 Å². The number of ether oxygens (including phenoxy) is 1. The molecule has 0 spiro atoms. The summed E-state index contributed by atoms with van der Waals surface area (Å²) in [5, 5.41) is 7.76. The van der Waals surface area contributed by atoms with Gasteiger partial charge in [0.05, 0.1) is 19.3 Å². The fraction of sp³-hybridized carbons (Fsp3) is 0.333. The molecule has 29 heavy (non-hydrogen) atoms. The van der Waals surface area contributed by atoms with Crippen LogP contribution >= 0.6 is 0 Å². The van der Waals surface area contributed by atoms with Crippen molar-refractivity contribution < 1.29 is 4.74 Å². The molecular weight excluding hydrogens is 368 g/mol. The second-order valence-electron chi connectivity index (χ2n) is 6.89. The van der Waals surface area contributed by atoms with Crippen molar-refractivity contribution in [2.45, 2.75) is 19.4 Å². The Morgan fingerprint density at radius 1 is 1.07 bits per heavy atom. The summed E-state index contributed by atoms with van der Waals surface area (Å²) in [7, 11) is 1.63. The van der Waals surface area contributed by atoms with Crippen molar-refractivity contribution in [3.8, 4) is 17.0 Å². The smallest absolute Gasteiger partial charge is 0.266 e. The minimum absolute atomic E-state index is 0.135. The van der Waals surface area contributed by atoms with Gasteiger partial charge in [0.25, 0.3) is 5.56 Å². The molecule has 2 aromatic heterocycles. The summed E-state index contributed by atoms with van der Waals surface area (Å²) in [6.07, 6.45) is 3.97. The van der Waals surface area contributed by atoms with Gasteiger partial charge in [0.15, 0.2) is 0 Å². The highest BCUT2D eigenvalue weighted by molar-refractivity contribution is 5.59. The first-order valence-corrected chi connectivity index (χ1v) is 9.76. The first-order chi connectivity index (χ1) is 14.2. The number of benzene rings is 1. The van der Waals surface area contributed by atoms with Crippen LogP contribution in [-0.2, 0) is 6.54 Å². The van der Waals surface area contributed by atoms with Crippen LogP contribution in [0.5, 0.6) is 5.75 Å². The summed E-state index contributed by atoms with van der Waals surface area (Å²) in [6.45, 7) is 3.04. The zero-order chi connectivity index (χ0) is 20.1. The molecule has 0 unspecified atom stereocenters. The van der Waals surface area contributed by atoms with Crippen molar-refractivity contribution in [3.05, 3.63) is 59.1 Å². The molecule has 1 aliphatic rings. The number of rotatable bonds is 7. The van der Waals surface area contributed by atoms with E-state index in [9.17, 15) is 4.79 Å². The quantitative estimate of drug-likeness (QED) is 0.661. The normalized spacial score (nSPS) is 13.5. The number of aromatic nitrogens is 4. The van der Waals surface area contributed by atoms with Gasteiger partial charge in [-0.1, -0.05) is 0 Å². The lowest BCUT2D eigenvalue weighted by molar-refractivity contribution is 0.415. The van der Waals surface area contributed by atoms with Crippen LogP contribution in [-0.4, -0.2) is 46.5 Å². The van der Waals surface area contributed by atoms with E-state index in [1.165, 1.54) is 17.5 Å². The van der Waals surface area contributed by atoms with Gasteiger partial charge in [-0.05, 0) is 43.2 Å². The SMILES string of the molecule is COc1ccc(-c2ccc(=O)n(CCNc3cc(N4CCCC4)ncn3)n2)cc1.